The van der Waals surface area contributed by atoms with E-state index < -0.39 is 16.8 Å². The molecule has 2 aromatic rings. The third-order valence-corrected chi connectivity index (χ3v) is 3.94. The van der Waals surface area contributed by atoms with E-state index >= 15 is 0 Å². The van der Waals surface area contributed by atoms with Gasteiger partial charge in [0.05, 0.1) is 31.8 Å². The number of hydrogen-bond donors (Lipinski definition) is 3. The molecule has 0 aromatic heterocycles. The number of nitrogens with one attached hydrogen (secondary N) is 2. The van der Waals surface area contributed by atoms with E-state index in [-0.39, 0.29) is 37.7 Å². The van der Waals surface area contributed by atoms with Gasteiger partial charge >= 0.3 is 5.97 Å². The molecule has 0 bridgehead atoms. The van der Waals surface area contributed by atoms with Crippen molar-refractivity contribution in [2.24, 2.45) is 0 Å². The van der Waals surface area contributed by atoms with Gasteiger partial charge in [0.25, 0.3) is 11.6 Å². The highest BCUT2D eigenvalue weighted by atomic mass is 35.5. The fourth-order valence-electron chi connectivity index (χ4n) is 1.88. The minimum absolute atomic E-state index is 0.0215. The quantitative estimate of drug-likeness (QED) is 0.396. The third-order valence-electron chi connectivity index (χ3n) is 3.10. The van der Waals surface area contributed by atoms with Crippen molar-refractivity contribution in [3.05, 3.63) is 67.7 Å². The largest absolute Gasteiger partial charge is 0.478 e. The highest BCUT2D eigenvalue weighted by molar-refractivity contribution is 7.80. The van der Waals surface area contributed by atoms with Gasteiger partial charge in [0.1, 0.15) is 0 Å². The zero-order chi connectivity index (χ0) is 19.4. The summed E-state index contributed by atoms with van der Waals surface area (Å²) in [6.45, 7) is 0. The number of aromatic carboxylic acids is 1. The highest BCUT2D eigenvalue weighted by Gasteiger charge is 2.16. The second-order valence-corrected chi connectivity index (χ2v) is 6.05. The number of nitro groups is 1. The lowest BCUT2D eigenvalue weighted by molar-refractivity contribution is -0.384. The third kappa shape index (κ3) is 4.66. The molecule has 2 aromatic carbocycles. The van der Waals surface area contributed by atoms with Crippen molar-refractivity contribution in [2.75, 3.05) is 5.32 Å². The van der Waals surface area contributed by atoms with Gasteiger partial charge in [0.2, 0.25) is 0 Å². The molecule has 0 fully saturated rings. The molecule has 11 heteroatoms. The minimum atomic E-state index is -1.16. The Balaban J connectivity index is 2.13. The van der Waals surface area contributed by atoms with Crippen molar-refractivity contribution in [2.45, 2.75) is 0 Å². The Labute approximate surface area is 161 Å². The molecule has 134 valence electrons. The molecule has 3 N–H and O–H groups in total. The van der Waals surface area contributed by atoms with Crippen molar-refractivity contribution in [3.63, 3.8) is 0 Å². The lowest BCUT2D eigenvalue weighted by Gasteiger charge is -2.12. The van der Waals surface area contributed by atoms with E-state index in [1.54, 1.807) is 0 Å². The Bertz CT molecular complexity index is 935. The average molecular weight is 414 g/mol. The molecular formula is C15H9Cl2N3O5S. The zero-order valence-electron chi connectivity index (χ0n) is 12.7. The summed E-state index contributed by atoms with van der Waals surface area (Å²) < 4.78 is 0. The van der Waals surface area contributed by atoms with Crippen LogP contribution >= 0.6 is 35.4 Å². The Hall–Kier alpha value is -2.75. The van der Waals surface area contributed by atoms with E-state index in [0.717, 1.165) is 12.1 Å². The Morgan fingerprint density at radius 2 is 1.81 bits per heavy atom. The van der Waals surface area contributed by atoms with E-state index in [4.69, 9.17) is 40.5 Å². The van der Waals surface area contributed by atoms with Gasteiger partial charge in [-0.2, -0.15) is 0 Å². The van der Waals surface area contributed by atoms with Gasteiger partial charge in [0, 0.05) is 12.1 Å². The molecule has 2 rings (SSSR count). The number of carboxylic acid groups (broad SMARTS) is 1. The SMILES string of the molecule is O=C(O)c1ccc(Cl)c(NC(=S)NC(=O)c2ccc([N+](=O)[O-])cc2Cl)c1. The normalized spacial score (nSPS) is 10.1. The predicted molar refractivity (Wildman–Crippen MR) is 100 cm³/mol. The molecular weight excluding hydrogens is 405 g/mol. The molecule has 0 heterocycles. The van der Waals surface area contributed by atoms with Crippen LogP contribution in [0.4, 0.5) is 11.4 Å². The van der Waals surface area contributed by atoms with Crippen molar-refractivity contribution < 1.29 is 19.6 Å². The summed E-state index contributed by atoms with van der Waals surface area (Å²) in [6.07, 6.45) is 0. The number of thiocarbonyl (C=S) groups is 1. The topological polar surface area (TPSA) is 122 Å². The molecule has 0 aliphatic heterocycles. The van der Waals surface area contributed by atoms with Crippen LogP contribution in [0, 0.1) is 10.1 Å². The van der Waals surface area contributed by atoms with Crippen LogP contribution in [-0.2, 0) is 0 Å². The van der Waals surface area contributed by atoms with Crippen LogP contribution in [0.1, 0.15) is 20.7 Å². The van der Waals surface area contributed by atoms with Gasteiger partial charge in [-0.25, -0.2) is 4.79 Å². The monoisotopic (exact) mass is 413 g/mol. The number of halogens is 2. The first kappa shape index (κ1) is 19.6. The van der Waals surface area contributed by atoms with Gasteiger partial charge in [0.15, 0.2) is 5.11 Å². The van der Waals surface area contributed by atoms with E-state index in [0.29, 0.717) is 0 Å². The van der Waals surface area contributed by atoms with E-state index in [9.17, 15) is 19.7 Å². The van der Waals surface area contributed by atoms with Crippen LogP contribution in [-0.4, -0.2) is 27.0 Å². The smallest absolute Gasteiger partial charge is 0.335 e. The summed E-state index contributed by atoms with van der Waals surface area (Å²) in [5, 5.41) is 24.5. The second-order valence-electron chi connectivity index (χ2n) is 4.83. The Kier molecular flexibility index (Phi) is 6.09. The first-order chi connectivity index (χ1) is 12.2. The molecule has 1 amide bonds. The fourth-order valence-corrected chi connectivity index (χ4v) is 2.51. The van der Waals surface area contributed by atoms with Crippen molar-refractivity contribution in [1.29, 1.82) is 0 Å². The van der Waals surface area contributed by atoms with Gasteiger partial charge in [-0.15, -0.1) is 0 Å². The lowest BCUT2D eigenvalue weighted by atomic mass is 10.2. The van der Waals surface area contributed by atoms with Crippen molar-refractivity contribution >= 4 is 63.8 Å². The number of benzene rings is 2. The maximum absolute atomic E-state index is 12.2. The molecule has 0 radical (unpaired) electrons. The Morgan fingerprint density at radius 3 is 2.38 bits per heavy atom. The zero-order valence-corrected chi connectivity index (χ0v) is 15.0. The number of carboxylic acids is 1. The van der Waals surface area contributed by atoms with Gasteiger partial charge in [-0.05, 0) is 36.5 Å². The number of anilines is 1. The number of amides is 1. The molecule has 0 atom stereocenters. The van der Waals surface area contributed by atoms with Crippen LogP contribution in [0.3, 0.4) is 0 Å². The van der Waals surface area contributed by atoms with Gasteiger partial charge in [-0.1, -0.05) is 23.2 Å². The lowest BCUT2D eigenvalue weighted by Crippen LogP contribution is -2.34. The standard InChI is InChI=1S/C15H9Cl2N3O5S/c16-10-4-1-7(14(22)23)5-12(10)18-15(26)19-13(21)9-3-2-8(20(24)25)6-11(9)17/h1-6H,(H,22,23)(H2,18,19,21,26). The van der Waals surface area contributed by atoms with Crippen LogP contribution in [0.2, 0.25) is 10.0 Å². The number of nitrogens with zero attached hydrogens (tertiary/aromatic N) is 1. The summed E-state index contributed by atoms with van der Waals surface area (Å²) in [5.74, 6) is -1.86. The number of carbonyl (C=O) groups excluding carboxylic acids is 1. The predicted octanol–water partition coefficient (Wildman–Crippen LogP) is 3.73. The highest BCUT2D eigenvalue weighted by Crippen LogP contribution is 2.24. The Morgan fingerprint density at radius 1 is 1.12 bits per heavy atom. The molecule has 26 heavy (non-hydrogen) atoms. The summed E-state index contributed by atoms with van der Waals surface area (Å²) >= 11 is 16.8. The summed E-state index contributed by atoms with van der Waals surface area (Å²) in [6, 6.07) is 7.29. The van der Waals surface area contributed by atoms with E-state index in [1.165, 1.54) is 24.3 Å². The number of hydrogen-bond acceptors (Lipinski definition) is 5. The molecule has 0 unspecified atom stereocenters. The molecule has 0 saturated heterocycles. The summed E-state index contributed by atoms with van der Waals surface area (Å²) in [7, 11) is 0. The van der Waals surface area contributed by atoms with Gasteiger partial charge in [-0.3, -0.25) is 20.2 Å². The molecule has 0 aliphatic carbocycles. The second kappa shape index (κ2) is 8.09. The van der Waals surface area contributed by atoms with Crippen molar-refractivity contribution in [3.8, 4) is 0 Å². The molecule has 0 spiro atoms. The first-order valence-corrected chi connectivity index (χ1v) is 7.94. The number of non-ortho nitro benzene ring substituents is 1. The van der Waals surface area contributed by atoms with Crippen LogP contribution < -0.4 is 10.6 Å². The van der Waals surface area contributed by atoms with Crippen molar-refractivity contribution in [1.82, 2.24) is 5.32 Å². The maximum Gasteiger partial charge on any atom is 0.335 e. The summed E-state index contributed by atoms with van der Waals surface area (Å²) in [4.78, 5) is 33.2. The number of carbonyl (C=O) groups is 2. The number of rotatable bonds is 4. The molecule has 0 aliphatic rings. The average Bonchev–Trinajstić information content (AvgIpc) is 2.56. The van der Waals surface area contributed by atoms with Crippen LogP contribution in [0.15, 0.2) is 36.4 Å². The molecule has 8 nitrogen and oxygen atoms in total. The van der Waals surface area contributed by atoms with E-state index in [1.807, 2.05) is 0 Å². The fraction of sp³-hybridized carbons (Fsp3) is 0. The summed E-state index contributed by atoms with van der Waals surface area (Å²) in [5.41, 5.74) is -0.118. The van der Waals surface area contributed by atoms with Crippen LogP contribution in [0.25, 0.3) is 0 Å². The minimum Gasteiger partial charge on any atom is -0.478 e. The maximum atomic E-state index is 12.2. The first-order valence-electron chi connectivity index (χ1n) is 6.78. The number of nitro benzene ring substituents is 1. The van der Waals surface area contributed by atoms with E-state index in [2.05, 4.69) is 10.6 Å². The van der Waals surface area contributed by atoms with Crippen LogP contribution in [0.5, 0.6) is 0 Å². The molecule has 0 saturated carbocycles. The van der Waals surface area contributed by atoms with Gasteiger partial charge < -0.3 is 10.4 Å².